The lowest BCUT2D eigenvalue weighted by atomic mass is 9.92. The summed E-state index contributed by atoms with van der Waals surface area (Å²) in [4.78, 5) is 0. The van der Waals surface area contributed by atoms with E-state index in [1.807, 2.05) is 6.92 Å². The number of allylic oxidation sites excluding steroid dienone is 1. The van der Waals surface area contributed by atoms with Gasteiger partial charge in [0.1, 0.15) is 6.10 Å². The number of aliphatic hydroxyl groups is 1. The van der Waals surface area contributed by atoms with Crippen LogP contribution in [0.1, 0.15) is 53.4 Å². The van der Waals surface area contributed by atoms with Crippen LogP contribution in [0.15, 0.2) is 12.2 Å². The highest BCUT2D eigenvalue weighted by Gasteiger charge is 2.36. The SMILES string of the molecule is C=C(C)[C@@H](CCC#CC(O)CCO[Si](C)(C)C(C)(C)C)CC(OC)OC. The Labute approximate surface area is 162 Å². The second-order valence-corrected chi connectivity index (χ2v) is 13.3. The maximum atomic E-state index is 10.0. The predicted octanol–water partition coefficient (Wildman–Crippen LogP) is 4.74. The van der Waals surface area contributed by atoms with E-state index in [1.54, 1.807) is 14.2 Å². The molecule has 0 aliphatic carbocycles. The van der Waals surface area contributed by atoms with E-state index in [-0.39, 0.29) is 11.3 Å². The molecule has 1 N–H and O–H groups in total. The molecule has 152 valence electrons. The van der Waals surface area contributed by atoms with Crippen LogP contribution in [0.25, 0.3) is 0 Å². The average Bonchev–Trinajstić information content (AvgIpc) is 2.52. The Balaban J connectivity index is 4.31. The Kier molecular flexibility index (Phi) is 11.6. The lowest BCUT2D eigenvalue weighted by Gasteiger charge is -2.36. The molecule has 0 spiro atoms. The third-order valence-electron chi connectivity index (χ3n) is 5.25. The fourth-order valence-electron chi connectivity index (χ4n) is 2.24. The van der Waals surface area contributed by atoms with Crippen molar-refractivity contribution in [2.75, 3.05) is 20.8 Å². The molecule has 2 atom stereocenters. The van der Waals surface area contributed by atoms with Crippen LogP contribution < -0.4 is 0 Å². The molecule has 5 heteroatoms. The van der Waals surface area contributed by atoms with Crippen LogP contribution in [0.5, 0.6) is 0 Å². The van der Waals surface area contributed by atoms with E-state index in [0.29, 0.717) is 18.9 Å². The molecule has 0 radical (unpaired) electrons. The smallest absolute Gasteiger partial charge is 0.191 e. The summed E-state index contributed by atoms with van der Waals surface area (Å²) in [7, 11) is 1.54. The maximum absolute atomic E-state index is 10.0. The summed E-state index contributed by atoms with van der Waals surface area (Å²) in [6, 6.07) is 0. The van der Waals surface area contributed by atoms with E-state index in [0.717, 1.165) is 24.8 Å². The zero-order valence-corrected chi connectivity index (χ0v) is 19.1. The van der Waals surface area contributed by atoms with Gasteiger partial charge < -0.3 is 19.0 Å². The molecular formula is C21H40O4Si. The lowest BCUT2D eigenvalue weighted by molar-refractivity contribution is -0.112. The largest absolute Gasteiger partial charge is 0.417 e. The topological polar surface area (TPSA) is 47.9 Å². The summed E-state index contributed by atoms with van der Waals surface area (Å²) in [6.45, 7) is 17.7. The molecule has 26 heavy (non-hydrogen) atoms. The highest BCUT2D eigenvalue weighted by Crippen LogP contribution is 2.36. The van der Waals surface area contributed by atoms with Crippen molar-refractivity contribution in [2.24, 2.45) is 5.92 Å². The molecule has 0 bridgehead atoms. The Morgan fingerprint density at radius 1 is 1.15 bits per heavy atom. The molecular weight excluding hydrogens is 344 g/mol. The van der Waals surface area contributed by atoms with Crippen molar-refractivity contribution in [3.05, 3.63) is 12.2 Å². The molecule has 0 fully saturated rings. The van der Waals surface area contributed by atoms with Gasteiger partial charge >= 0.3 is 0 Å². The first-order chi connectivity index (χ1) is 11.9. The molecule has 1 unspecified atom stereocenters. The van der Waals surface area contributed by atoms with E-state index in [4.69, 9.17) is 13.9 Å². The number of rotatable bonds is 11. The molecule has 0 aromatic heterocycles. The Bertz CT molecular complexity index is 467. The average molecular weight is 385 g/mol. The molecule has 0 saturated carbocycles. The second-order valence-electron chi connectivity index (χ2n) is 8.45. The van der Waals surface area contributed by atoms with Crippen LogP contribution >= 0.6 is 0 Å². The summed E-state index contributed by atoms with van der Waals surface area (Å²) >= 11 is 0. The fourth-order valence-corrected chi connectivity index (χ4v) is 3.30. The Morgan fingerprint density at radius 2 is 1.73 bits per heavy atom. The van der Waals surface area contributed by atoms with E-state index in [1.165, 1.54) is 0 Å². The molecule has 4 nitrogen and oxygen atoms in total. The van der Waals surface area contributed by atoms with Crippen molar-refractivity contribution in [1.82, 2.24) is 0 Å². The molecule has 0 rings (SSSR count). The van der Waals surface area contributed by atoms with Gasteiger partial charge in [-0.2, -0.15) is 0 Å². The minimum absolute atomic E-state index is 0.184. The summed E-state index contributed by atoms with van der Waals surface area (Å²) in [5.41, 5.74) is 1.11. The van der Waals surface area contributed by atoms with Gasteiger partial charge in [-0.15, -0.1) is 5.92 Å². The second kappa shape index (κ2) is 11.9. The first-order valence-electron chi connectivity index (χ1n) is 9.46. The number of ether oxygens (including phenoxy) is 2. The Hall–Kier alpha value is -0.643. The first kappa shape index (κ1) is 25.4. The van der Waals surface area contributed by atoms with Crippen molar-refractivity contribution in [3.63, 3.8) is 0 Å². The van der Waals surface area contributed by atoms with Crippen molar-refractivity contribution in [2.45, 2.75) is 83.9 Å². The molecule has 0 amide bonds. The van der Waals surface area contributed by atoms with Gasteiger partial charge in [0.25, 0.3) is 0 Å². The van der Waals surface area contributed by atoms with Crippen LogP contribution in [0.2, 0.25) is 18.1 Å². The summed E-state index contributed by atoms with van der Waals surface area (Å²) in [6.07, 6.45) is 2.08. The van der Waals surface area contributed by atoms with Gasteiger partial charge in [-0.1, -0.05) is 38.8 Å². The van der Waals surface area contributed by atoms with Gasteiger partial charge in [0.15, 0.2) is 14.6 Å². The van der Waals surface area contributed by atoms with Crippen molar-refractivity contribution in [3.8, 4) is 11.8 Å². The minimum atomic E-state index is -1.75. The van der Waals surface area contributed by atoms with Crippen LogP contribution in [-0.4, -0.2) is 46.6 Å². The van der Waals surface area contributed by atoms with E-state index >= 15 is 0 Å². The highest BCUT2D eigenvalue weighted by molar-refractivity contribution is 6.74. The zero-order valence-electron chi connectivity index (χ0n) is 18.1. The van der Waals surface area contributed by atoms with Crippen LogP contribution in [0.4, 0.5) is 0 Å². The molecule has 0 saturated heterocycles. The summed E-state index contributed by atoms with van der Waals surface area (Å²) in [5.74, 6) is 6.32. The molecule has 0 aromatic carbocycles. The normalized spacial score (nSPS) is 14.7. The van der Waals surface area contributed by atoms with Crippen LogP contribution in [0.3, 0.4) is 0 Å². The number of aliphatic hydroxyl groups excluding tert-OH is 1. The summed E-state index contributed by atoms with van der Waals surface area (Å²) < 4.78 is 16.6. The standard InChI is InChI=1S/C21H40O4Si/c1-17(2)18(16-20(23-6)24-7)12-10-11-13-19(22)14-15-25-26(8,9)21(3,4)5/h18-20,22H,1,10,12,14-16H2,2-9H3/t18-,19?/m0/s1. The third-order valence-corrected chi connectivity index (χ3v) is 9.78. The minimum Gasteiger partial charge on any atom is -0.417 e. The monoisotopic (exact) mass is 384 g/mol. The molecule has 0 heterocycles. The van der Waals surface area contributed by atoms with E-state index < -0.39 is 14.4 Å². The van der Waals surface area contributed by atoms with Gasteiger partial charge in [0, 0.05) is 40.1 Å². The van der Waals surface area contributed by atoms with Crippen LogP contribution in [0, 0.1) is 17.8 Å². The van der Waals surface area contributed by atoms with Gasteiger partial charge in [-0.05, 0) is 37.4 Å². The molecule has 0 aliphatic rings. The van der Waals surface area contributed by atoms with Crippen molar-refractivity contribution >= 4 is 8.32 Å². The lowest BCUT2D eigenvalue weighted by Crippen LogP contribution is -2.41. The molecule has 0 aromatic rings. The van der Waals surface area contributed by atoms with Crippen LogP contribution in [-0.2, 0) is 13.9 Å². The number of hydrogen-bond acceptors (Lipinski definition) is 4. The number of hydrogen-bond donors (Lipinski definition) is 1. The van der Waals surface area contributed by atoms with Crippen molar-refractivity contribution in [1.29, 1.82) is 0 Å². The van der Waals surface area contributed by atoms with Crippen molar-refractivity contribution < 1.29 is 19.0 Å². The van der Waals surface area contributed by atoms with Gasteiger partial charge in [0.05, 0.1) is 0 Å². The fraction of sp³-hybridized carbons (Fsp3) is 0.810. The Morgan fingerprint density at radius 3 is 2.19 bits per heavy atom. The maximum Gasteiger partial charge on any atom is 0.191 e. The van der Waals surface area contributed by atoms with Gasteiger partial charge in [0.2, 0.25) is 0 Å². The van der Waals surface area contributed by atoms with E-state index in [9.17, 15) is 5.11 Å². The number of methoxy groups -OCH3 is 2. The first-order valence-corrected chi connectivity index (χ1v) is 12.4. The highest BCUT2D eigenvalue weighted by atomic mass is 28.4. The van der Waals surface area contributed by atoms with E-state index in [2.05, 4.69) is 52.3 Å². The zero-order chi connectivity index (χ0) is 20.4. The predicted molar refractivity (Wildman–Crippen MR) is 112 cm³/mol. The molecule has 0 aliphatic heterocycles. The van der Waals surface area contributed by atoms with Gasteiger partial charge in [-0.3, -0.25) is 0 Å². The quantitative estimate of drug-likeness (QED) is 0.242. The summed E-state index contributed by atoms with van der Waals surface area (Å²) in [5, 5.41) is 10.2. The van der Waals surface area contributed by atoms with Gasteiger partial charge in [-0.25, -0.2) is 0 Å². The third kappa shape index (κ3) is 9.89.